The molecule has 0 bridgehead atoms. The van der Waals surface area contributed by atoms with Gasteiger partial charge >= 0.3 is 5.97 Å². The van der Waals surface area contributed by atoms with Crippen LogP contribution < -0.4 is 4.90 Å². The largest absolute Gasteiger partial charge is 0.479 e. The lowest BCUT2D eigenvalue weighted by Gasteiger charge is -2.26. The van der Waals surface area contributed by atoms with Crippen molar-refractivity contribution in [3.05, 3.63) is 29.8 Å². The number of carbonyl (C=O) groups excluding carboxylic acids is 1. The zero-order valence-electron chi connectivity index (χ0n) is 13.0. The van der Waals surface area contributed by atoms with E-state index in [4.69, 9.17) is 9.84 Å². The third-order valence-corrected chi connectivity index (χ3v) is 5.62. The van der Waals surface area contributed by atoms with E-state index < -0.39 is 18.2 Å². The number of carboxylic acids is 1. The summed E-state index contributed by atoms with van der Waals surface area (Å²) in [5, 5.41) is 9.05. The van der Waals surface area contributed by atoms with Gasteiger partial charge in [0.05, 0.1) is 0 Å². The predicted molar refractivity (Wildman–Crippen MR) is 84.5 cm³/mol. The maximum Gasteiger partial charge on any atom is 0.332 e. The van der Waals surface area contributed by atoms with Gasteiger partial charge in [-0.25, -0.2) is 4.79 Å². The van der Waals surface area contributed by atoms with Gasteiger partial charge in [-0.15, -0.1) is 0 Å². The predicted octanol–water partition coefficient (Wildman–Crippen LogP) is 2.48. The third-order valence-electron chi connectivity index (χ3n) is 5.62. The Morgan fingerprint density at radius 2 is 1.83 bits per heavy atom. The number of anilines is 1. The molecule has 1 aromatic carbocycles. The summed E-state index contributed by atoms with van der Waals surface area (Å²) < 4.78 is 5.47. The van der Waals surface area contributed by atoms with Crippen LogP contribution in [0.2, 0.25) is 0 Å². The number of fused-ring (bicyclic) bond motifs is 2. The summed E-state index contributed by atoms with van der Waals surface area (Å²) in [7, 11) is 0. The molecule has 2 atom stereocenters. The molecule has 0 radical (unpaired) electrons. The van der Waals surface area contributed by atoms with Gasteiger partial charge in [0.25, 0.3) is 5.91 Å². The van der Waals surface area contributed by atoms with Gasteiger partial charge < -0.3 is 14.7 Å². The van der Waals surface area contributed by atoms with E-state index in [-0.39, 0.29) is 11.3 Å². The summed E-state index contributed by atoms with van der Waals surface area (Å²) in [4.78, 5) is 25.8. The van der Waals surface area contributed by atoms with Crippen molar-refractivity contribution < 1.29 is 19.4 Å². The van der Waals surface area contributed by atoms with Crippen LogP contribution in [-0.4, -0.2) is 35.7 Å². The van der Waals surface area contributed by atoms with Crippen LogP contribution in [0, 0.1) is 0 Å². The Bertz CT molecular complexity index is 650. The molecule has 0 aromatic heterocycles. The van der Waals surface area contributed by atoms with Gasteiger partial charge in [-0.05, 0) is 37.3 Å². The first-order valence-electron chi connectivity index (χ1n) is 8.40. The minimum absolute atomic E-state index is 0.0787. The molecule has 122 valence electrons. The van der Waals surface area contributed by atoms with Gasteiger partial charge in [-0.2, -0.15) is 0 Å². The van der Waals surface area contributed by atoms with E-state index in [0.29, 0.717) is 19.4 Å². The number of benzene rings is 1. The van der Waals surface area contributed by atoms with Crippen molar-refractivity contribution in [2.75, 3.05) is 11.4 Å². The second-order valence-electron chi connectivity index (χ2n) is 6.96. The Balaban J connectivity index is 1.60. The lowest BCUT2D eigenvalue weighted by molar-refractivity contribution is -0.151. The Hall–Kier alpha value is -1.88. The fourth-order valence-corrected chi connectivity index (χ4v) is 4.48. The Labute approximate surface area is 135 Å². The maximum absolute atomic E-state index is 12.9. The van der Waals surface area contributed by atoms with E-state index in [1.807, 2.05) is 23.1 Å². The van der Waals surface area contributed by atoms with Crippen LogP contribution in [0.15, 0.2) is 24.3 Å². The molecule has 3 aliphatic rings. The lowest BCUT2D eigenvalue weighted by Crippen LogP contribution is -2.41. The highest BCUT2D eigenvalue weighted by molar-refractivity contribution is 5.99. The zero-order valence-corrected chi connectivity index (χ0v) is 13.0. The summed E-state index contributed by atoms with van der Waals surface area (Å²) in [6, 6.07) is 8.15. The number of ether oxygens (including phenoxy) is 1. The average Bonchev–Trinajstić information content (AvgIpc) is 3.28. The summed E-state index contributed by atoms with van der Waals surface area (Å²) >= 11 is 0. The van der Waals surface area contributed by atoms with Crippen molar-refractivity contribution in [2.45, 2.75) is 56.1 Å². The first-order chi connectivity index (χ1) is 11.1. The second-order valence-corrected chi connectivity index (χ2v) is 6.96. The Morgan fingerprint density at radius 1 is 1.13 bits per heavy atom. The van der Waals surface area contributed by atoms with Crippen LogP contribution in [0.5, 0.6) is 0 Å². The first-order valence-corrected chi connectivity index (χ1v) is 8.40. The van der Waals surface area contributed by atoms with E-state index in [1.165, 1.54) is 18.4 Å². The minimum atomic E-state index is -0.977. The molecule has 1 N–H and O–H groups in total. The van der Waals surface area contributed by atoms with Gasteiger partial charge in [0.1, 0.15) is 6.10 Å². The molecule has 4 rings (SSSR count). The van der Waals surface area contributed by atoms with Crippen molar-refractivity contribution in [3.63, 3.8) is 0 Å². The first kappa shape index (κ1) is 14.7. The maximum atomic E-state index is 12.9. The zero-order chi connectivity index (χ0) is 16.0. The number of hydrogen-bond acceptors (Lipinski definition) is 3. The monoisotopic (exact) mass is 315 g/mol. The van der Waals surface area contributed by atoms with Crippen LogP contribution in [0.25, 0.3) is 0 Å². The lowest BCUT2D eigenvalue weighted by atomic mass is 9.81. The molecule has 1 aliphatic carbocycles. The van der Waals surface area contributed by atoms with Gasteiger partial charge in [-0.3, -0.25) is 4.79 Å². The van der Waals surface area contributed by atoms with E-state index in [1.54, 1.807) is 0 Å². The molecule has 2 fully saturated rings. The number of para-hydroxylation sites is 1. The fourth-order valence-electron chi connectivity index (χ4n) is 4.48. The van der Waals surface area contributed by atoms with Gasteiger partial charge in [0.2, 0.25) is 0 Å². The van der Waals surface area contributed by atoms with Crippen molar-refractivity contribution >= 4 is 17.6 Å². The van der Waals surface area contributed by atoms with Crippen LogP contribution in [0.4, 0.5) is 5.69 Å². The van der Waals surface area contributed by atoms with Crippen molar-refractivity contribution in [1.82, 2.24) is 0 Å². The molecule has 1 spiro atoms. The smallest absolute Gasteiger partial charge is 0.332 e. The summed E-state index contributed by atoms with van der Waals surface area (Å²) in [5.41, 5.74) is 2.36. The Kier molecular flexibility index (Phi) is 3.41. The summed E-state index contributed by atoms with van der Waals surface area (Å²) in [6.45, 7) is 0.711. The normalized spacial score (nSPS) is 28.3. The number of amides is 1. The number of aliphatic carboxylic acids is 1. The summed E-state index contributed by atoms with van der Waals surface area (Å²) in [6.07, 6.45) is 4.08. The topological polar surface area (TPSA) is 66.8 Å². The molecule has 1 aromatic rings. The molecule has 2 aliphatic heterocycles. The summed E-state index contributed by atoms with van der Waals surface area (Å²) in [5.74, 6) is -1.06. The average molecular weight is 315 g/mol. The molecule has 1 saturated heterocycles. The molecular formula is C18H21NO4. The molecule has 1 saturated carbocycles. The number of carboxylic acid groups (broad SMARTS) is 1. The SMILES string of the molecule is O=C(O)[C@H]1CC[C@@H](C(=O)N2CC3(CCCC3)c3ccccc32)O1. The van der Waals surface area contributed by atoms with Gasteiger partial charge in [0, 0.05) is 17.6 Å². The van der Waals surface area contributed by atoms with E-state index in [9.17, 15) is 9.59 Å². The fraction of sp³-hybridized carbons (Fsp3) is 0.556. The third kappa shape index (κ3) is 2.26. The van der Waals surface area contributed by atoms with Crippen molar-refractivity contribution in [3.8, 4) is 0 Å². The van der Waals surface area contributed by atoms with Crippen LogP contribution in [-0.2, 0) is 19.7 Å². The van der Waals surface area contributed by atoms with Crippen LogP contribution in [0.3, 0.4) is 0 Å². The number of carbonyl (C=O) groups is 2. The molecule has 1 amide bonds. The highest BCUT2D eigenvalue weighted by Gasteiger charge is 2.48. The molecular weight excluding hydrogens is 294 g/mol. The molecule has 5 heteroatoms. The minimum Gasteiger partial charge on any atom is -0.479 e. The number of hydrogen-bond donors (Lipinski definition) is 1. The molecule has 5 nitrogen and oxygen atoms in total. The van der Waals surface area contributed by atoms with Gasteiger partial charge in [0.15, 0.2) is 6.10 Å². The van der Waals surface area contributed by atoms with E-state index in [2.05, 4.69) is 6.07 Å². The number of nitrogens with zero attached hydrogens (tertiary/aromatic N) is 1. The Morgan fingerprint density at radius 3 is 2.52 bits per heavy atom. The second kappa shape index (κ2) is 5.34. The van der Waals surface area contributed by atoms with Gasteiger partial charge in [-0.1, -0.05) is 31.0 Å². The van der Waals surface area contributed by atoms with E-state index in [0.717, 1.165) is 18.5 Å². The van der Waals surface area contributed by atoms with E-state index >= 15 is 0 Å². The van der Waals surface area contributed by atoms with Crippen LogP contribution >= 0.6 is 0 Å². The van der Waals surface area contributed by atoms with Crippen molar-refractivity contribution in [2.24, 2.45) is 0 Å². The standard InChI is InChI=1S/C18H21NO4/c20-16(14-7-8-15(23-14)17(21)22)19-11-18(9-3-4-10-18)12-5-1-2-6-13(12)19/h1-2,5-6,14-15H,3-4,7-11H2,(H,21,22)/t14-,15+/m0/s1. The number of rotatable bonds is 2. The highest BCUT2D eigenvalue weighted by atomic mass is 16.5. The highest BCUT2D eigenvalue weighted by Crippen LogP contribution is 2.50. The van der Waals surface area contributed by atoms with Crippen LogP contribution in [0.1, 0.15) is 44.1 Å². The molecule has 0 unspecified atom stereocenters. The van der Waals surface area contributed by atoms with Crippen molar-refractivity contribution in [1.29, 1.82) is 0 Å². The quantitative estimate of drug-likeness (QED) is 0.910. The molecule has 2 heterocycles. The molecule has 23 heavy (non-hydrogen) atoms.